The first-order valence-corrected chi connectivity index (χ1v) is 8.63. The summed E-state index contributed by atoms with van der Waals surface area (Å²) in [5.74, 6) is -0.172. The van der Waals surface area contributed by atoms with Crippen molar-refractivity contribution in [3.8, 4) is 0 Å². The molecule has 1 aromatic rings. The minimum absolute atomic E-state index is 0.177. The summed E-state index contributed by atoms with van der Waals surface area (Å²) in [6.07, 6.45) is 2.88. The topological polar surface area (TPSA) is 71.4 Å². The fraction of sp³-hybridized carbons (Fsp3) is 0.611. The van der Waals surface area contributed by atoms with Crippen LogP contribution in [-0.4, -0.2) is 39.8 Å². The van der Waals surface area contributed by atoms with Gasteiger partial charge in [-0.15, -0.1) is 0 Å². The first-order chi connectivity index (χ1) is 11.3. The number of ketones is 1. The minimum Gasteiger partial charge on any atom is -0.345 e. The zero-order valence-corrected chi connectivity index (χ0v) is 14.8. The molecular weight excluding hydrogens is 306 g/mol. The number of nitrogens with zero attached hydrogens (tertiary/aromatic N) is 2. The van der Waals surface area contributed by atoms with E-state index in [0.717, 1.165) is 29.1 Å². The van der Waals surface area contributed by atoms with Crippen LogP contribution in [0.5, 0.6) is 0 Å². The van der Waals surface area contributed by atoms with Crippen LogP contribution in [0.2, 0.25) is 0 Å². The average Bonchev–Trinajstić information content (AvgIpc) is 3.23. The van der Waals surface area contributed by atoms with Crippen LogP contribution < -0.4 is 5.32 Å². The molecule has 1 aromatic heterocycles. The minimum atomic E-state index is -0.510. The van der Waals surface area contributed by atoms with Crippen LogP contribution in [0.1, 0.15) is 60.9 Å². The summed E-state index contributed by atoms with van der Waals surface area (Å²) in [5.41, 5.74) is 2.62. The third-order valence-electron chi connectivity index (χ3n) is 4.81. The lowest BCUT2D eigenvalue weighted by molar-refractivity contribution is -0.127. The maximum absolute atomic E-state index is 12.7. The quantitative estimate of drug-likeness (QED) is 0.643. The van der Waals surface area contributed by atoms with E-state index < -0.39 is 12.1 Å². The van der Waals surface area contributed by atoms with Crippen molar-refractivity contribution < 1.29 is 14.4 Å². The third kappa shape index (κ3) is 2.97. The molecule has 2 aliphatic rings. The number of aromatic nitrogens is 1. The van der Waals surface area contributed by atoms with Crippen molar-refractivity contribution in [3.63, 3.8) is 0 Å². The lowest BCUT2D eigenvalue weighted by Crippen LogP contribution is -2.36. The highest BCUT2D eigenvalue weighted by molar-refractivity contribution is 6.09. The second-order valence-corrected chi connectivity index (χ2v) is 7.37. The van der Waals surface area contributed by atoms with Crippen LogP contribution in [-0.2, 0) is 4.79 Å². The number of nitrogens with one attached hydrogen (secondary N) is 1. The van der Waals surface area contributed by atoms with E-state index in [0.29, 0.717) is 23.9 Å². The molecule has 6 heteroatoms. The van der Waals surface area contributed by atoms with Crippen molar-refractivity contribution in [3.05, 3.63) is 23.0 Å². The van der Waals surface area contributed by atoms with Crippen molar-refractivity contribution >= 4 is 17.7 Å². The number of carbonyl (C=O) groups is 3. The van der Waals surface area contributed by atoms with Gasteiger partial charge in [0.1, 0.15) is 6.04 Å². The number of hydrogen-bond donors (Lipinski definition) is 1. The van der Waals surface area contributed by atoms with Crippen molar-refractivity contribution in [1.29, 1.82) is 0 Å². The number of rotatable bonds is 6. The fourth-order valence-electron chi connectivity index (χ4n) is 3.54. The Morgan fingerprint density at radius 3 is 2.54 bits per heavy atom. The molecule has 6 nitrogen and oxygen atoms in total. The maximum atomic E-state index is 12.7. The van der Waals surface area contributed by atoms with Gasteiger partial charge in [-0.25, -0.2) is 4.79 Å². The highest BCUT2D eigenvalue weighted by Gasteiger charge is 2.39. The van der Waals surface area contributed by atoms with Gasteiger partial charge in [0.15, 0.2) is 5.78 Å². The monoisotopic (exact) mass is 331 g/mol. The van der Waals surface area contributed by atoms with Gasteiger partial charge in [-0.3, -0.25) is 14.5 Å². The predicted molar refractivity (Wildman–Crippen MR) is 90.0 cm³/mol. The van der Waals surface area contributed by atoms with Crippen LogP contribution in [0.3, 0.4) is 0 Å². The molecule has 1 aliphatic heterocycles. The van der Waals surface area contributed by atoms with Crippen LogP contribution in [0, 0.1) is 19.8 Å². The molecule has 1 atom stereocenters. The van der Waals surface area contributed by atoms with Gasteiger partial charge >= 0.3 is 6.03 Å². The van der Waals surface area contributed by atoms with Crippen molar-refractivity contribution in [2.24, 2.45) is 5.92 Å². The number of aryl methyl sites for hydroxylation is 1. The number of imide groups is 1. The number of carbonyl (C=O) groups excluding carboxylic acids is 3. The number of amides is 3. The predicted octanol–water partition coefficient (Wildman–Crippen LogP) is 2.59. The van der Waals surface area contributed by atoms with Gasteiger partial charge < -0.3 is 9.88 Å². The second kappa shape index (κ2) is 6.07. The Labute approximate surface area is 142 Å². The lowest BCUT2D eigenvalue weighted by Gasteiger charge is -2.13. The van der Waals surface area contributed by atoms with Crippen molar-refractivity contribution in [2.45, 2.75) is 59.0 Å². The molecule has 1 N–H and O–H groups in total. The molecule has 0 bridgehead atoms. The normalized spacial score (nSPS) is 20.9. The van der Waals surface area contributed by atoms with E-state index in [1.54, 1.807) is 0 Å². The van der Waals surface area contributed by atoms with E-state index in [-0.39, 0.29) is 18.2 Å². The molecule has 24 heavy (non-hydrogen) atoms. The van der Waals surface area contributed by atoms with Gasteiger partial charge in [0.2, 0.25) is 0 Å². The lowest BCUT2D eigenvalue weighted by atomic mass is 10.0. The van der Waals surface area contributed by atoms with Gasteiger partial charge in [-0.1, -0.05) is 13.8 Å². The molecule has 0 spiro atoms. The Morgan fingerprint density at radius 2 is 1.96 bits per heavy atom. The second-order valence-electron chi connectivity index (χ2n) is 7.37. The van der Waals surface area contributed by atoms with Crippen LogP contribution in [0.15, 0.2) is 6.07 Å². The molecule has 1 saturated heterocycles. The van der Waals surface area contributed by atoms with E-state index in [2.05, 4.69) is 9.88 Å². The van der Waals surface area contributed by atoms with E-state index in [4.69, 9.17) is 0 Å². The Morgan fingerprint density at radius 1 is 1.29 bits per heavy atom. The third-order valence-corrected chi connectivity index (χ3v) is 4.81. The van der Waals surface area contributed by atoms with Crippen molar-refractivity contribution in [1.82, 2.24) is 14.8 Å². The zero-order valence-electron chi connectivity index (χ0n) is 14.8. The van der Waals surface area contributed by atoms with E-state index in [9.17, 15) is 14.4 Å². The van der Waals surface area contributed by atoms with Gasteiger partial charge in [0.25, 0.3) is 5.91 Å². The highest BCUT2D eigenvalue weighted by atomic mass is 16.2. The van der Waals surface area contributed by atoms with Crippen LogP contribution in [0.25, 0.3) is 0 Å². The highest BCUT2D eigenvalue weighted by Crippen LogP contribution is 2.38. The standard InChI is InChI=1S/C18H25N3O3/c1-10(2)7-15-17(23)20(18(24)19-15)9-16(22)14-8-11(3)21(12(14)4)13-5-6-13/h8,10,13,15H,5-7,9H2,1-4H3,(H,19,24)/t15-/m1/s1. The first kappa shape index (κ1) is 16.7. The molecule has 0 aromatic carbocycles. The van der Waals surface area contributed by atoms with Gasteiger partial charge in [-0.05, 0) is 45.1 Å². The number of Topliss-reactive ketones (excluding diaryl/α,β-unsaturated/α-hetero) is 1. The SMILES string of the molecule is Cc1cc(C(=O)CN2C(=O)N[C@H](CC(C)C)C2=O)c(C)n1C1CC1. The molecule has 2 heterocycles. The Kier molecular flexibility index (Phi) is 4.24. The molecule has 130 valence electrons. The summed E-state index contributed by atoms with van der Waals surface area (Å²) in [4.78, 5) is 38.2. The Bertz CT molecular complexity index is 701. The van der Waals surface area contributed by atoms with Crippen LogP contribution >= 0.6 is 0 Å². The molecule has 0 radical (unpaired) electrons. The van der Waals surface area contributed by atoms with E-state index in [1.807, 2.05) is 33.8 Å². The summed E-state index contributed by atoms with van der Waals surface area (Å²) in [6.45, 7) is 7.74. The molecule has 0 unspecified atom stereocenters. The molecule has 1 aliphatic carbocycles. The smallest absolute Gasteiger partial charge is 0.325 e. The summed E-state index contributed by atoms with van der Waals surface area (Å²) in [6, 6.07) is 1.40. The maximum Gasteiger partial charge on any atom is 0.325 e. The summed E-state index contributed by atoms with van der Waals surface area (Å²) in [5, 5.41) is 2.68. The zero-order chi connectivity index (χ0) is 17.6. The Hall–Kier alpha value is -2.11. The van der Waals surface area contributed by atoms with E-state index in [1.165, 1.54) is 0 Å². The van der Waals surface area contributed by atoms with Crippen molar-refractivity contribution in [2.75, 3.05) is 6.54 Å². The number of hydrogen-bond acceptors (Lipinski definition) is 3. The Balaban J connectivity index is 1.74. The summed E-state index contributed by atoms with van der Waals surface area (Å²) < 4.78 is 2.20. The van der Waals surface area contributed by atoms with Gasteiger partial charge in [-0.2, -0.15) is 0 Å². The molecular formula is C18H25N3O3. The van der Waals surface area contributed by atoms with Gasteiger partial charge in [0, 0.05) is 23.0 Å². The largest absolute Gasteiger partial charge is 0.345 e. The average molecular weight is 331 g/mol. The summed E-state index contributed by atoms with van der Waals surface area (Å²) in [7, 11) is 0. The number of urea groups is 1. The fourth-order valence-corrected chi connectivity index (χ4v) is 3.54. The first-order valence-electron chi connectivity index (χ1n) is 8.63. The molecule has 3 rings (SSSR count). The van der Waals surface area contributed by atoms with E-state index >= 15 is 0 Å². The van der Waals surface area contributed by atoms with Crippen LogP contribution in [0.4, 0.5) is 4.79 Å². The van der Waals surface area contributed by atoms with Gasteiger partial charge in [0.05, 0.1) is 6.54 Å². The molecule has 3 amide bonds. The summed E-state index contributed by atoms with van der Waals surface area (Å²) >= 11 is 0. The molecule has 2 fully saturated rings. The molecule has 1 saturated carbocycles.